The van der Waals surface area contributed by atoms with Gasteiger partial charge in [0.2, 0.25) is 0 Å². The van der Waals surface area contributed by atoms with Gasteiger partial charge < -0.3 is 15.7 Å². The van der Waals surface area contributed by atoms with Crippen molar-refractivity contribution >= 4 is 5.91 Å². The monoisotopic (exact) mass is 276 g/mol. The fourth-order valence-electron chi connectivity index (χ4n) is 2.37. The molecule has 1 aromatic carbocycles. The molecule has 0 spiro atoms. The van der Waals surface area contributed by atoms with E-state index in [2.05, 4.69) is 11.8 Å². The summed E-state index contributed by atoms with van der Waals surface area (Å²) in [5.41, 5.74) is 5.76. The summed E-state index contributed by atoms with van der Waals surface area (Å²) in [6.07, 6.45) is 1.59. The van der Waals surface area contributed by atoms with Crippen LogP contribution in [0.25, 0.3) is 0 Å². The SMILES string of the molecule is NCC#Cc1ccc(C(=O)N2CCCC2CO)c(F)c1. The Kier molecular flexibility index (Phi) is 4.72. The van der Waals surface area contributed by atoms with Gasteiger partial charge in [0.05, 0.1) is 24.8 Å². The maximum absolute atomic E-state index is 14.0. The van der Waals surface area contributed by atoms with Crippen LogP contribution in [0.3, 0.4) is 0 Å². The maximum atomic E-state index is 14.0. The zero-order valence-corrected chi connectivity index (χ0v) is 11.1. The van der Waals surface area contributed by atoms with E-state index in [1.54, 1.807) is 6.07 Å². The Morgan fingerprint density at radius 3 is 3.00 bits per heavy atom. The number of nitrogens with two attached hydrogens (primary N) is 1. The Bertz CT molecular complexity index is 563. The first-order valence-corrected chi connectivity index (χ1v) is 6.57. The summed E-state index contributed by atoms with van der Waals surface area (Å²) >= 11 is 0. The molecule has 1 unspecified atom stereocenters. The summed E-state index contributed by atoms with van der Waals surface area (Å²) in [5.74, 6) is 4.38. The van der Waals surface area contributed by atoms with Gasteiger partial charge in [-0.15, -0.1) is 0 Å². The number of hydrogen-bond acceptors (Lipinski definition) is 3. The predicted octanol–water partition coefficient (Wildman–Crippen LogP) is 0.733. The summed E-state index contributed by atoms with van der Waals surface area (Å²) in [4.78, 5) is 13.8. The number of carbonyl (C=O) groups excluding carboxylic acids is 1. The van der Waals surface area contributed by atoms with Gasteiger partial charge in [0.25, 0.3) is 5.91 Å². The first-order valence-electron chi connectivity index (χ1n) is 6.57. The Morgan fingerprint density at radius 2 is 2.35 bits per heavy atom. The molecular weight excluding hydrogens is 259 g/mol. The molecule has 1 aliphatic rings. The van der Waals surface area contributed by atoms with E-state index >= 15 is 0 Å². The number of hydrogen-bond donors (Lipinski definition) is 2. The molecule has 1 fully saturated rings. The second kappa shape index (κ2) is 6.51. The molecule has 0 bridgehead atoms. The van der Waals surface area contributed by atoms with E-state index in [0.29, 0.717) is 12.1 Å². The lowest BCUT2D eigenvalue weighted by Crippen LogP contribution is -2.38. The van der Waals surface area contributed by atoms with E-state index in [9.17, 15) is 14.3 Å². The molecule has 1 atom stereocenters. The van der Waals surface area contributed by atoms with E-state index < -0.39 is 5.82 Å². The van der Waals surface area contributed by atoms with Gasteiger partial charge in [0, 0.05) is 12.1 Å². The molecule has 1 aliphatic heterocycles. The molecule has 0 saturated carbocycles. The molecule has 0 radical (unpaired) electrons. The van der Waals surface area contributed by atoms with E-state index in [1.165, 1.54) is 17.0 Å². The summed E-state index contributed by atoms with van der Waals surface area (Å²) < 4.78 is 14.0. The zero-order chi connectivity index (χ0) is 14.5. The molecule has 1 amide bonds. The van der Waals surface area contributed by atoms with Crippen LogP contribution >= 0.6 is 0 Å². The second-order valence-electron chi connectivity index (χ2n) is 4.68. The number of nitrogens with zero attached hydrogens (tertiary/aromatic N) is 1. The van der Waals surface area contributed by atoms with Crippen molar-refractivity contribution in [2.45, 2.75) is 18.9 Å². The van der Waals surface area contributed by atoms with Gasteiger partial charge in [-0.1, -0.05) is 11.8 Å². The molecule has 4 nitrogen and oxygen atoms in total. The number of aliphatic hydroxyl groups is 1. The highest BCUT2D eigenvalue weighted by Gasteiger charge is 2.30. The van der Waals surface area contributed by atoms with Crippen molar-refractivity contribution in [1.29, 1.82) is 0 Å². The molecule has 5 heteroatoms. The van der Waals surface area contributed by atoms with Crippen LogP contribution in [0, 0.1) is 17.7 Å². The first kappa shape index (κ1) is 14.5. The summed E-state index contributed by atoms with van der Waals surface area (Å²) in [6, 6.07) is 4.06. The highest BCUT2D eigenvalue weighted by atomic mass is 19.1. The van der Waals surface area contributed by atoms with Crippen LogP contribution in [0.4, 0.5) is 4.39 Å². The second-order valence-corrected chi connectivity index (χ2v) is 4.68. The lowest BCUT2D eigenvalue weighted by atomic mass is 10.1. The third-order valence-electron chi connectivity index (χ3n) is 3.38. The van der Waals surface area contributed by atoms with Crippen molar-refractivity contribution in [3.63, 3.8) is 0 Å². The standard InChI is InChI=1S/C15H17FN2O2/c16-14-9-11(3-1-7-17)5-6-13(14)15(20)18-8-2-4-12(18)10-19/h5-6,9,12,19H,2,4,7-8,10,17H2. The van der Waals surface area contributed by atoms with Gasteiger partial charge in [-0.3, -0.25) is 4.79 Å². The van der Waals surface area contributed by atoms with Gasteiger partial charge in [0.1, 0.15) is 5.82 Å². The predicted molar refractivity (Wildman–Crippen MR) is 73.5 cm³/mol. The largest absolute Gasteiger partial charge is 0.394 e. The van der Waals surface area contributed by atoms with Crippen LogP contribution in [0.2, 0.25) is 0 Å². The molecule has 0 aliphatic carbocycles. The van der Waals surface area contributed by atoms with Crippen molar-refractivity contribution in [3.05, 3.63) is 35.1 Å². The van der Waals surface area contributed by atoms with E-state index in [4.69, 9.17) is 5.73 Å². The van der Waals surface area contributed by atoms with Gasteiger partial charge in [-0.2, -0.15) is 0 Å². The van der Waals surface area contributed by atoms with Crippen molar-refractivity contribution in [3.8, 4) is 11.8 Å². The lowest BCUT2D eigenvalue weighted by Gasteiger charge is -2.23. The quantitative estimate of drug-likeness (QED) is 0.783. The van der Waals surface area contributed by atoms with Crippen molar-refractivity contribution < 1.29 is 14.3 Å². The highest BCUT2D eigenvalue weighted by molar-refractivity contribution is 5.95. The third-order valence-corrected chi connectivity index (χ3v) is 3.38. The van der Waals surface area contributed by atoms with Crippen LogP contribution in [-0.4, -0.2) is 41.7 Å². The van der Waals surface area contributed by atoms with Crippen molar-refractivity contribution in [1.82, 2.24) is 4.90 Å². The van der Waals surface area contributed by atoms with Crippen molar-refractivity contribution in [2.75, 3.05) is 19.7 Å². The average molecular weight is 276 g/mol. The molecule has 1 aromatic rings. The molecule has 2 rings (SSSR count). The number of aliphatic hydroxyl groups excluding tert-OH is 1. The number of rotatable bonds is 2. The summed E-state index contributed by atoms with van der Waals surface area (Å²) in [6.45, 7) is 0.667. The summed E-state index contributed by atoms with van der Waals surface area (Å²) in [5, 5.41) is 9.23. The molecule has 106 valence electrons. The molecule has 3 N–H and O–H groups in total. The van der Waals surface area contributed by atoms with Crippen LogP contribution in [0.1, 0.15) is 28.8 Å². The molecule has 1 heterocycles. The molecular formula is C15H17FN2O2. The first-order chi connectivity index (χ1) is 9.67. The number of carbonyl (C=O) groups is 1. The highest BCUT2D eigenvalue weighted by Crippen LogP contribution is 2.21. The minimum Gasteiger partial charge on any atom is -0.394 e. The minimum absolute atomic E-state index is 0.0173. The topological polar surface area (TPSA) is 66.6 Å². The third kappa shape index (κ3) is 2.98. The van der Waals surface area contributed by atoms with Gasteiger partial charge >= 0.3 is 0 Å². The van der Waals surface area contributed by atoms with Crippen LogP contribution in [-0.2, 0) is 0 Å². The molecule has 1 saturated heterocycles. The van der Waals surface area contributed by atoms with Crippen molar-refractivity contribution in [2.24, 2.45) is 5.73 Å². The Hall–Kier alpha value is -1.90. The van der Waals surface area contributed by atoms with Crippen LogP contribution in [0.15, 0.2) is 18.2 Å². The Balaban J connectivity index is 2.22. The van der Waals surface area contributed by atoms with E-state index in [0.717, 1.165) is 12.8 Å². The Morgan fingerprint density at radius 1 is 1.55 bits per heavy atom. The summed E-state index contributed by atoms with van der Waals surface area (Å²) in [7, 11) is 0. The zero-order valence-electron chi connectivity index (χ0n) is 11.1. The minimum atomic E-state index is -0.595. The van der Waals surface area contributed by atoms with Gasteiger partial charge in [-0.25, -0.2) is 4.39 Å². The van der Waals surface area contributed by atoms with Crippen LogP contribution in [0.5, 0.6) is 0 Å². The fourth-order valence-corrected chi connectivity index (χ4v) is 2.37. The number of likely N-dealkylation sites (tertiary alicyclic amines) is 1. The Labute approximate surface area is 117 Å². The average Bonchev–Trinajstić information content (AvgIpc) is 2.93. The smallest absolute Gasteiger partial charge is 0.257 e. The lowest BCUT2D eigenvalue weighted by molar-refractivity contribution is 0.0673. The molecule has 0 aromatic heterocycles. The maximum Gasteiger partial charge on any atom is 0.257 e. The normalized spacial score (nSPS) is 17.8. The molecule has 20 heavy (non-hydrogen) atoms. The number of benzene rings is 1. The fraction of sp³-hybridized carbons (Fsp3) is 0.400. The number of amides is 1. The van der Waals surface area contributed by atoms with Gasteiger partial charge in [-0.05, 0) is 31.0 Å². The number of halogens is 1. The van der Waals surface area contributed by atoms with Crippen LogP contribution < -0.4 is 5.73 Å². The van der Waals surface area contributed by atoms with E-state index in [-0.39, 0.29) is 30.7 Å². The van der Waals surface area contributed by atoms with E-state index in [1.807, 2.05) is 0 Å². The van der Waals surface area contributed by atoms with Gasteiger partial charge in [0.15, 0.2) is 0 Å².